The topological polar surface area (TPSA) is 64.4 Å². The van der Waals surface area contributed by atoms with Crippen LogP contribution < -0.4 is 5.32 Å². The zero-order valence-electron chi connectivity index (χ0n) is 11.3. The molecule has 0 aliphatic heterocycles. The molecule has 106 valence electrons. The lowest BCUT2D eigenvalue weighted by molar-refractivity contribution is -0.150. The Morgan fingerprint density at radius 2 is 2.47 bits per heavy atom. The standard InChI is InChI=1S/C13H20N2O3S/c1-3-17-11(16)13(2,15-10-4-5-10)6-9-19-12-14-7-8-18-12/h7-8,10,15H,3-6,9H2,1-2H3. The highest BCUT2D eigenvalue weighted by atomic mass is 32.2. The lowest BCUT2D eigenvalue weighted by Gasteiger charge is -2.28. The summed E-state index contributed by atoms with van der Waals surface area (Å²) in [5.74, 6) is 0.588. The number of oxazole rings is 1. The number of carbonyl (C=O) groups is 1. The first kappa shape index (κ1) is 14.4. The van der Waals surface area contributed by atoms with Crippen molar-refractivity contribution < 1.29 is 13.9 Å². The Labute approximate surface area is 117 Å². The number of esters is 1. The number of hydrogen-bond donors (Lipinski definition) is 1. The quantitative estimate of drug-likeness (QED) is 0.583. The van der Waals surface area contributed by atoms with Gasteiger partial charge < -0.3 is 9.15 Å². The first-order valence-corrected chi connectivity index (χ1v) is 7.60. The first-order valence-electron chi connectivity index (χ1n) is 6.61. The van der Waals surface area contributed by atoms with Crippen molar-refractivity contribution in [3.05, 3.63) is 12.5 Å². The lowest BCUT2D eigenvalue weighted by Crippen LogP contribution is -2.51. The van der Waals surface area contributed by atoms with Crippen molar-refractivity contribution in [3.8, 4) is 0 Å². The molecule has 0 radical (unpaired) electrons. The molecular weight excluding hydrogens is 264 g/mol. The van der Waals surface area contributed by atoms with E-state index >= 15 is 0 Å². The summed E-state index contributed by atoms with van der Waals surface area (Å²) in [6.45, 7) is 4.16. The monoisotopic (exact) mass is 284 g/mol. The van der Waals surface area contributed by atoms with E-state index in [4.69, 9.17) is 9.15 Å². The van der Waals surface area contributed by atoms with Crippen LogP contribution >= 0.6 is 11.8 Å². The minimum absolute atomic E-state index is 0.171. The summed E-state index contributed by atoms with van der Waals surface area (Å²) >= 11 is 1.51. The van der Waals surface area contributed by atoms with Crippen molar-refractivity contribution in [2.75, 3.05) is 12.4 Å². The molecule has 1 fully saturated rings. The van der Waals surface area contributed by atoms with Crippen LogP contribution in [0.2, 0.25) is 0 Å². The Morgan fingerprint density at radius 3 is 3.05 bits per heavy atom. The first-order chi connectivity index (χ1) is 9.14. The molecule has 2 rings (SSSR count). The highest BCUT2D eigenvalue weighted by Gasteiger charge is 2.39. The van der Waals surface area contributed by atoms with Crippen LogP contribution in [0.15, 0.2) is 22.1 Å². The van der Waals surface area contributed by atoms with Gasteiger partial charge in [0.1, 0.15) is 11.8 Å². The van der Waals surface area contributed by atoms with Crippen LogP contribution in [0.5, 0.6) is 0 Å². The molecule has 1 aromatic heterocycles. The Morgan fingerprint density at radius 1 is 1.68 bits per heavy atom. The van der Waals surface area contributed by atoms with Gasteiger partial charge in [-0.1, -0.05) is 11.8 Å². The van der Waals surface area contributed by atoms with Gasteiger partial charge in [0.05, 0.1) is 12.8 Å². The maximum atomic E-state index is 12.1. The van der Waals surface area contributed by atoms with Gasteiger partial charge in [0.2, 0.25) is 0 Å². The molecule has 1 aromatic rings. The van der Waals surface area contributed by atoms with Gasteiger partial charge in [-0.3, -0.25) is 10.1 Å². The summed E-state index contributed by atoms with van der Waals surface area (Å²) in [5, 5.41) is 4.03. The fourth-order valence-corrected chi connectivity index (χ4v) is 2.77. The zero-order valence-corrected chi connectivity index (χ0v) is 12.2. The number of aromatic nitrogens is 1. The second kappa shape index (κ2) is 6.43. The van der Waals surface area contributed by atoms with Crippen molar-refractivity contribution in [1.82, 2.24) is 10.3 Å². The van der Waals surface area contributed by atoms with E-state index in [1.165, 1.54) is 11.8 Å². The zero-order chi connectivity index (χ0) is 13.7. The number of nitrogens with one attached hydrogen (secondary N) is 1. The summed E-state index contributed by atoms with van der Waals surface area (Å²) in [6, 6.07) is 0.459. The highest BCUT2D eigenvalue weighted by Crippen LogP contribution is 2.27. The normalized spacial score (nSPS) is 18.0. The van der Waals surface area contributed by atoms with Crippen LogP contribution in [0.3, 0.4) is 0 Å². The molecule has 1 unspecified atom stereocenters. The van der Waals surface area contributed by atoms with Crippen LogP contribution in [0.25, 0.3) is 0 Å². The van der Waals surface area contributed by atoms with E-state index in [2.05, 4.69) is 10.3 Å². The fourth-order valence-electron chi connectivity index (χ4n) is 1.83. The molecule has 1 aliphatic rings. The number of carbonyl (C=O) groups excluding carboxylic acids is 1. The average Bonchev–Trinajstić information content (AvgIpc) is 3.03. The molecular formula is C13H20N2O3S. The number of hydrogen-bond acceptors (Lipinski definition) is 6. The predicted octanol–water partition coefficient (Wildman–Crippen LogP) is 2.23. The second-order valence-corrected chi connectivity index (χ2v) is 5.91. The summed E-state index contributed by atoms with van der Waals surface area (Å²) in [7, 11) is 0. The highest BCUT2D eigenvalue weighted by molar-refractivity contribution is 7.99. The van der Waals surface area contributed by atoms with Gasteiger partial charge in [-0.25, -0.2) is 4.98 Å². The SMILES string of the molecule is CCOC(=O)C(C)(CCSc1ncco1)NC1CC1. The van der Waals surface area contributed by atoms with Gasteiger partial charge in [0.15, 0.2) is 0 Å². The van der Waals surface area contributed by atoms with Gasteiger partial charge in [-0.15, -0.1) is 0 Å². The molecule has 1 aliphatic carbocycles. The minimum atomic E-state index is -0.614. The molecule has 6 heteroatoms. The van der Waals surface area contributed by atoms with E-state index in [1.54, 1.807) is 12.5 Å². The van der Waals surface area contributed by atoms with E-state index in [0.29, 0.717) is 24.3 Å². The Hall–Kier alpha value is -1.01. The summed E-state index contributed by atoms with van der Waals surface area (Å²) in [5.41, 5.74) is -0.614. The maximum absolute atomic E-state index is 12.1. The van der Waals surface area contributed by atoms with E-state index < -0.39 is 5.54 Å². The van der Waals surface area contributed by atoms with Crippen molar-refractivity contribution >= 4 is 17.7 Å². The number of thioether (sulfide) groups is 1. The summed E-state index contributed by atoms with van der Waals surface area (Å²) in [6.07, 6.45) is 6.14. The molecule has 0 saturated heterocycles. The third kappa shape index (κ3) is 4.24. The van der Waals surface area contributed by atoms with Crippen LogP contribution in [0.4, 0.5) is 0 Å². The van der Waals surface area contributed by atoms with Crippen LogP contribution in [0.1, 0.15) is 33.1 Å². The molecule has 19 heavy (non-hydrogen) atoms. The van der Waals surface area contributed by atoms with E-state index in [1.807, 2.05) is 13.8 Å². The van der Waals surface area contributed by atoms with E-state index in [-0.39, 0.29) is 5.97 Å². The predicted molar refractivity (Wildman–Crippen MR) is 73.0 cm³/mol. The number of rotatable bonds is 8. The van der Waals surface area contributed by atoms with Gasteiger partial charge in [0.25, 0.3) is 5.22 Å². The molecule has 0 aromatic carbocycles. The van der Waals surface area contributed by atoms with Crippen LogP contribution in [0, 0.1) is 0 Å². The lowest BCUT2D eigenvalue weighted by atomic mass is 9.99. The Bertz CT molecular complexity index is 406. The minimum Gasteiger partial charge on any atom is -0.465 e. The van der Waals surface area contributed by atoms with Gasteiger partial charge in [-0.2, -0.15) is 0 Å². The van der Waals surface area contributed by atoms with E-state index in [0.717, 1.165) is 18.6 Å². The number of nitrogens with zero attached hydrogens (tertiary/aromatic N) is 1. The molecule has 0 bridgehead atoms. The smallest absolute Gasteiger partial charge is 0.326 e. The van der Waals surface area contributed by atoms with Gasteiger partial charge in [-0.05, 0) is 33.1 Å². The molecule has 1 N–H and O–H groups in total. The second-order valence-electron chi connectivity index (χ2n) is 4.87. The number of ether oxygens (including phenoxy) is 1. The van der Waals surface area contributed by atoms with Crippen molar-refractivity contribution in [2.24, 2.45) is 0 Å². The third-order valence-electron chi connectivity index (χ3n) is 3.06. The Balaban J connectivity index is 1.86. The largest absolute Gasteiger partial charge is 0.465 e. The van der Waals surface area contributed by atoms with E-state index in [9.17, 15) is 4.79 Å². The summed E-state index contributed by atoms with van der Waals surface area (Å²) in [4.78, 5) is 16.1. The third-order valence-corrected chi connectivity index (χ3v) is 3.92. The molecule has 5 nitrogen and oxygen atoms in total. The van der Waals surface area contributed by atoms with Gasteiger partial charge in [0, 0.05) is 11.8 Å². The fraction of sp³-hybridized carbons (Fsp3) is 0.692. The van der Waals surface area contributed by atoms with Crippen LogP contribution in [-0.2, 0) is 9.53 Å². The van der Waals surface area contributed by atoms with Crippen molar-refractivity contribution in [1.29, 1.82) is 0 Å². The molecule has 0 amide bonds. The molecule has 1 atom stereocenters. The van der Waals surface area contributed by atoms with Crippen LogP contribution in [-0.4, -0.2) is 34.9 Å². The van der Waals surface area contributed by atoms with Crippen molar-refractivity contribution in [3.63, 3.8) is 0 Å². The Kier molecular flexibility index (Phi) is 4.87. The van der Waals surface area contributed by atoms with Crippen molar-refractivity contribution in [2.45, 2.75) is 49.9 Å². The molecule has 0 spiro atoms. The molecule has 1 saturated carbocycles. The summed E-state index contributed by atoms with van der Waals surface area (Å²) < 4.78 is 10.3. The average molecular weight is 284 g/mol. The van der Waals surface area contributed by atoms with Gasteiger partial charge >= 0.3 is 5.97 Å². The maximum Gasteiger partial charge on any atom is 0.326 e. The molecule has 1 heterocycles.